The lowest BCUT2D eigenvalue weighted by Gasteiger charge is -2.03. The molecule has 14 heavy (non-hydrogen) atoms. The van der Waals surface area contributed by atoms with E-state index in [9.17, 15) is 9.90 Å². The number of hydrogen-bond donors (Lipinski definition) is 1. The fraction of sp³-hybridized carbons (Fsp3) is 0.182. The molecule has 0 spiro atoms. The molecule has 1 N–H and O–H groups in total. The zero-order valence-electron chi connectivity index (χ0n) is 7.77. The molecule has 1 aromatic rings. The monoisotopic (exact) mass is 192 g/mol. The summed E-state index contributed by atoms with van der Waals surface area (Å²) in [5, 5.41) is 9.37. The fourth-order valence-corrected chi connectivity index (χ4v) is 1.04. The van der Waals surface area contributed by atoms with Gasteiger partial charge in [0.2, 0.25) is 0 Å². The van der Waals surface area contributed by atoms with E-state index in [1.807, 2.05) is 6.07 Å². The number of phenols is 1. The summed E-state index contributed by atoms with van der Waals surface area (Å²) in [6.45, 7) is 3.53. The Balaban J connectivity index is 2.42. The second-order valence-corrected chi connectivity index (χ2v) is 2.75. The number of benzene rings is 1. The van der Waals surface area contributed by atoms with Gasteiger partial charge < -0.3 is 9.84 Å². The van der Waals surface area contributed by atoms with Crippen molar-refractivity contribution in [2.75, 3.05) is 6.61 Å². The lowest BCUT2D eigenvalue weighted by atomic mass is 10.1. The zero-order chi connectivity index (χ0) is 10.4. The molecule has 3 heteroatoms. The average molecular weight is 192 g/mol. The lowest BCUT2D eigenvalue weighted by Crippen LogP contribution is -2.04. The number of carbonyl (C=O) groups excluding carboxylic acids is 1. The van der Waals surface area contributed by atoms with Crippen molar-refractivity contribution in [2.24, 2.45) is 0 Å². The van der Waals surface area contributed by atoms with Crippen molar-refractivity contribution < 1.29 is 14.6 Å². The first kappa shape index (κ1) is 10.3. The van der Waals surface area contributed by atoms with Crippen LogP contribution in [-0.2, 0) is 16.0 Å². The van der Waals surface area contributed by atoms with E-state index in [-0.39, 0.29) is 12.4 Å². The Kier molecular flexibility index (Phi) is 3.73. The third kappa shape index (κ3) is 2.94. The van der Waals surface area contributed by atoms with Gasteiger partial charge in [0.25, 0.3) is 0 Å². The molecular weight excluding hydrogens is 180 g/mol. The van der Waals surface area contributed by atoms with Gasteiger partial charge in [-0.15, -0.1) is 0 Å². The van der Waals surface area contributed by atoms with Gasteiger partial charge in [0.1, 0.15) is 5.75 Å². The second kappa shape index (κ2) is 5.07. The number of esters is 1. The molecule has 0 aromatic heterocycles. The van der Waals surface area contributed by atoms with E-state index < -0.39 is 5.97 Å². The predicted octanol–water partition coefficient (Wildman–Crippen LogP) is 1.66. The summed E-state index contributed by atoms with van der Waals surface area (Å²) in [5.74, 6) is -0.220. The summed E-state index contributed by atoms with van der Waals surface area (Å²) in [4.78, 5) is 10.7. The summed E-state index contributed by atoms with van der Waals surface area (Å²) in [6, 6.07) is 6.96. The van der Waals surface area contributed by atoms with Crippen molar-refractivity contribution in [3.05, 3.63) is 42.5 Å². The number of aromatic hydroxyl groups is 1. The molecule has 0 aliphatic rings. The standard InChI is InChI=1S/C11H12O3/c1-2-11(13)14-8-7-9-5-3-4-6-10(9)12/h2-6,12H,1,7-8H2. The molecule has 0 fully saturated rings. The van der Waals surface area contributed by atoms with Crippen LogP contribution in [0.5, 0.6) is 5.75 Å². The fourth-order valence-electron chi connectivity index (χ4n) is 1.04. The van der Waals surface area contributed by atoms with Gasteiger partial charge in [0.05, 0.1) is 6.61 Å². The molecule has 0 atom stereocenters. The molecule has 0 unspecified atom stereocenters. The van der Waals surface area contributed by atoms with Crippen LogP contribution in [0.15, 0.2) is 36.9 Å². The summed E-state index contributed by atoms with van der Waals surface area (Å²) in [6.07, 6.45) is 1.62. The highest BCUT2D eigenvalue weighted by Gasteiger charge is 2.00. The van der Waals surface area contributed by atoms with E-state index >= 15 is 0 Å². The van der Waals surface area contributed by atoms with Gasteiger partial charge in [0.15, 0.2) is 0 Å². The number of carbonyl (C=O) groups is 1. The van der Waals surface area contributed by atoms with Crippen LogP contribution in [0.25, 0.3) is 0 Å². The molecule has 74 valence electrons. The quantitative estimate of drug-likeness (QED) is 0.583. The van der Waals surface area contributed by atoms with E-state index in [0.717, 1.165) is 11.6 Å². The molecule has 1 rings (SSSR count). The van der Waals surface area contributed by atoms with Crippen molar-refractivity contribution >= 4 is 5.97 Å². The maximum absolute atomic E-state index is 10.7. The van der Waals surface area contributed by atoms with Crippen molar-refractivity contribution in [3.63, 3.8) is 0 Å². The summed E-state index contributed by atoms with van der Waals surface area (Å²) in [7, 11) is 0. The highest BCUT2D eigenvalue weighted by Crippen LogP contribution is 2.15. The minimum absolute atomic E-state index is 0.224. The average Bonchev–Trinajstić information content (AvgIpc) is 2.20. The van der Waals surface area contributed by atoms with E-state index in [1.165, 1.54) is 0 Å². The Morgan fingerprint density at radius 3 is 2.86 bits per heavy atom. The van der Waals surface area contributed by atoms with Gasteiger partial charge in [-0.2, -0.15) is 0 Å². The Hall–Kier alpha value is -1.77. The van der Waals surface area contributed by atoms with Crippen LogP contribution < -0.4 is 0 Å². The van der Waals surface area contributed by atoms with Gasteiger partial charge in [-0.25, -0.2) is 4.79 Å². The molecule has 0 aliphatic heterocycles. The smallest absolute Gasteiger partial charge is 0.330 e. The Labute approximate surface area is 82.6 Å². The molecule has 1 aromatic carbocycles. The van der Waals surface area contributed by atoms with Gasteiger partial charge in [0, 0.05) is 12.5 Å². The summed E-state index contributed by atoms with van der Waals surface area (Å²) in [5.41, 5.74) is 0.768. The molecule has 0 heterocycles. The Bertz CT molecular complexity index is 331. The maximum Gasteiger partial charge on any atom is 0.330 e. The number of para-hydroxylation sites is 1. The predicted molar refractivity (Wildman–Crippen MR) is 53.0 cm³/mol. The topological polar surface area (TPSA) is 46.5 Å². The number of ether oxygens (including phenoxy) is 1. The first-order valence-electron chi connectivity index (χ1n) is 4.30. The van der Waals surface area contributed by atoms with Gasteiger partial charge in [-0.05, 0) is 11.6 Å². The molecular formula is C11H12O3. The van der Waals surface area contributed by atoms with Crippen LogP contribution in [0.3, 0.4) is 0 Å². The highest BCUT2D eigenvalue weighted by atomic mass is 16.5. The van der Waals surface area contributed by atoms with Crippen LogP contribution >= 0.6 is 0 Å². The molecule has 0 radical (unpaired) electrons. The molecule has 0 amide bonds. The normalized spacial score (nSPS) is 9.43. The van der Waals surface area contributed by atoms with E-state index in [4.69, 9.17) is 4.74 Å². The molecule has 3 nitrogen and oxygen atoms in total. The number of phenolic OH excluding ortho intramolecular Hbond substituents is 1. The third-order valence-electron chi connectivity index (χ3n) is 1.77. The largest absolute Gasteiger partial charge is 0.508 e. The molecule has 0 aliphatic carbocycles. The van der Waals surface area contributed by atoms with Crippen LogP contribution in [0, 0.1) is 0 Å². The Morgan fingerprint density at radius 2 is 2.21 bits per heavy atom. The molecule has 0 bridgehead atoms. The van der Waals surface area contributed by atoms with E-state index in [0.29, 0.717) is 6.42 Å². The highest BCUT2D eigenvalue weighted by molar-refractivity contribution is 5.81. The second-order valence-electron chi connectivity index (χ2n) is 2.75. The van der Waals surface area contributed by atoms with Crippen LogP contribution in [0.1, 0.15) is 5.56 Å². The first-order chi connectivity index (χ1) is 6.74. The summed E-state index contributed by atoms with van der Waals surface area (Å²) >= 11 is 0. The minimum atomic E-state index is -0.444. The lowest BCUT2D eigenvalue weighted by molar-refractivity contribution is -0.137. The van der Waals surface area contributed by atoms with Crippen molar-refractivity contribution in [1.82, 2.24) is 0 Å². The minimum Gasteiger partial charge on any atom is -0.508 e. The van der Waals surface area contributed by atoms with Crippen molar-refractivity contribution in [1.29, 1.82) is 0 Å². The first-order valence-corrected chi connectivity index (χ1v) is 4.30. The van der Waals surface area contributed by atoms with E-state index in [2.05, 4.69) is 6.58 Å². The van der Waals surface area contributed by atoms with Crippen LogP contribution in [0.2, 0.25) is 0 Å². The number of rotatable bonds is 4. The maximum atomic E-state index is 10.7. The third-order valence-corrected chi connectivity index (χ3v) is 1.77. The number of hydrogen-bond acceptors (Lipinski definition) is 3. The van der Waals surface area contributed by atoms with Crippen molar-refractivity contribution in [2.45, 2.75) is 6.42 Å². The van der Waals surface area contributed by atoms with Crippen LogP contribution in [-0.4, -0.2) is 17.7 Å². The van der Waals surface area contributed by atoms with E-state index in [1.54, 1.807) is 18.2 Å². The SMILES string of the molecule is C=CC(=O)OCCc1ccccc1O. The van der Waals surface area contributed by atoms with Gasteiger partial charge >= 0.3 is 5.97 Å². The van der Waals surface area contributed by atoms with Gasteiger partial charge in [-0.3, -0.25) is 0 Å². The van der Waals surface area contributed by atoms with Gasteiger partial charge in [-0.1, -0.05) is 24.8 Å². The van der Waals surface area contributed by atoms with Crippen molar-refractivity contribution in [3.8, 4) is 5.75 Å². The summed E-state index contributed by atoms with van der Waals surface area (Å²) < 4.78 is 4.78. The van der Waals surface area contributed by atoms with Crippen LogP contribution in [0.4, 0.5) is 0 Å². The zero-order valence-corrected chi connectivity index (χ0v) is 7.77. The molecule has 0 saturated heterocycles. The Morgan fingerprint density at radius 1 is 1.50 bits per heavy atom. The molecule has 0 saturated carbocycles.